The second-order valence-corrected chi connectivity index (χ2v) is 39.1. The van der Waals surface area contributed by atoms with E-state index in [2.05, 4.69) is 386 Å². The van der Waals surface area contributed by atoms with Crippen LogP contribution in [0.1, 0.15) is 83.5 Å². The average Bonchev–Trinajstić information content (AvgIpc) is 1.58. The Morgan fingerprint density at radius 3 is 0.844 bits per heavy atom. The van der Waals surface area contributed by atoms with E-state index in [1.165, 1.54) is 156 Å². The lowest BCUT2D eigenvalue weighted by molar-refractivity contribution is 0.637. The van der Waals surface area contributed by atoms with Crippen LogP contribution in [-0.2, 0) is 30.1 Å². The van der Waals surface area contributed by atoms with Crippen molar-refractivity contribution in [3.05, 3.63) is 517 Å². The van der Waals surface area contributed by atoms with Crippen molar-refractivity contribution in [2.45, 2.75) is 57.8 Å². The molecule has 0 spiro atoms. The number of hydrogen-bond donors (Lipinski definition) is 0. The van der Waals surface area contributed by atoms with Crippen LogP contribution in [0, 0.1) is 0 Å². The van der Waals surface area contributed by atoms with Crippen LogP contribution >= 0.6 is 0 Å². The van der Waals surface area contributed by atoms with Crippen LogP contribution < -0.4 is 0 Å². The topological polar surface area (TPSA) is 155 Å². The second kappa shape index (κ2) is 36.9. The van der Waals surface area contributed by atoms with Gasteiger partial charge in [0.1, 0.15) is 17.1 Å². The molecule has 17 aromatic carbocycles. The molecular formula is C135H94N12. The Morgan fingerprint density at radius 2 is 0.415 bits per heavy atom. The molecule has 0 radical (unpaired) electrons. The van der Waals surface area contributed by atoms with Crippen molar-refractivity contribution < 1.29 is 0 Å². The Bertz CT molecular complexity index is 9020. The Balaban J connectivity index is 0.000000112. The van der Waals surface area contributed by atoms with E-state index in [-0.39, 0.29) is 10.8 Å². The third-order valence-electron chi connectivity index (χ3n) is 29.8. The molecule has 0 bridgehead atoms. The van der Waals surface area contributed by atoms with Crippen molar-refractivity contribution in [3.8, 4) is 225 Å². The molecule has 0 saturated heterocycles. The van der Waals surface area contributed by atoms with Crippen molar-refractivity contribution >= 4 is 0 Å². The van der Waals surface area contributed by atoms with E-state index >= 15 is 0 Å². The van der Waals surface area contributed by atoms with Gasteiger partial charge in [0.15, 0.2) is 52.4 Å². The Kier molecular flexibility index (Phi) is 22.2. The van der Waals surface area contributed by atoms with Gasteiger partial charge in [-0.25, -0.2) is 54.8 Å². The Morgan fingerprint density at radius 1 is 0.150 bits per heavy atom. The summed E-state index contributed by atoms with van der Waals surface area (Å²) in [6, 6.07) is 159. The highest BCUT2D eigenvalue weighted by molar-refractivity contribution is 5.94. The molecule has 23 aromatic rings. The first-order valence-electron chi connectivity index (χ1n) is 50.2. The summed E-state index contributed by atoms with van der Waals surface area (Å²) in [5.41, 5.74) is 47.0. The molecule has 5 aliphatic carbocycles. The Hall–Kier alpha value is -18.8. The van der Waals surface area contributed by atoms with Crippen molar-refractivity contribution in [2.24, 2.45) is 0 Å². The highest BCUT2D eigenvalue weighted by Crippen LogP contribution is 2.54. The summed E-state index contributed by atoms with van der Waals surface area (Å²) >= 11 is 0. The molecule has 6 aromatic heterocycles. The average molecular weight is 1880 g/mol. The maximum absolute atomic E-state index is 5.31. The van der Waals surface area contributed by atoms with Crippen molar-refractivity contribution in [1.82, 2.24) is 59.8 Å². The maximum Gasteiger partial charge on any atom is 0.182 e. The summed E-state index contributed by atoms with van der Waals surface area (Å²) < 4.78 is 0. The number of fused-ring (bicyclic) bond motifs is 15. The van der Waals surface area contributed by atoms with Gasteiger partial charge in [-0.15, -0.1) is 0 Å². The molecule has 147 heavy (non-hydrogen) atoms. The third kappa shape index (κ3) is 16.2. The molecule has 0 amide bonds. The van der Waals surface area contributed by atoms with Gasteiger partial charge >= 0.3 is 0 Å². The molecule has 12 nitrogen and oxygen atoms in total. The summed E-state index contributed by atoms with van der Waals surface area (Å²) in [5, 5.41) is 0. The van der Waals surface area contributed by atoms with Gasteiger partial charge < -0.3 is 0 Å². The number of rotatable bonds is 15. The summed E-state index contributed by atoms with van der Waals surface area (Å²) in [6.45, 7) is 9.07. The van der Waals surface area contributed by atoms with Gasteiger partial charge in [0, 0.05) is 79.9 Å². The minimum atomic E-state index is -0.240. The van der Waals surface area contributed by atoms with E-state index in [1.807, 2.05) is 103 Å². The summed E-state index contributed by atoms with van der Waals surface area (Å²) in [4.78, 5) is 61.0. The normalized spacial score (nSPS) is 12.8. The van der Waals surface area contributed by atoms with Crippen molar-refractivity contribution in [3.63, 3.8) is 0 Å². The minimum absolute atomic E-state index is 0.149. The predicted octanol–water partition coefficient (Wildman–Crippen LogP) is 32.1. The van der Waals surface area contributed by atoms with E-state index in [0.29, 0.717) is 58.1 Å². The van der Waals surface area contributed by atoms with E-state index in [0.717, 1.165) is 86.5 Å². The summed E-state index contributed by atoms with van der Waals surface area (Å²) in [5.74, 6) is 5.53. The molecule has 0 aliphatic heterocycles. The molecule has 0 atom stereocenters. The quantitative estimate of drug-likeness (QED) is 0.0959. The number of nitrogens with zero attached hydrogens (tertiary/aromatic N) is 12. The van der Waals surface area contributed by atoms with Crippen molar-refractivity contribution in [2.75, 3.05) is 0 Å². The van der Waals surface area contributed by atoms with Gasteiger partial charge in [0.2, 0.25) is 0 Å². The van der Waals surface area contributed by atoms with Crippen LogP contribution in [0.3, 0.4) is 0 Å². The second-order valence-electron chi connectivity index (χ2n) is 39.1. The molecule has 0 fully saturated rings. The number of hydrogen-bond acceptors (Lipinski definition) is 12. The van der Waals surface area contributed by atoms with Crippen LogP contribution in [0.25, 0.3) is 225 Å². The third-order valence-corrected chi connectivity index (χ3v) is 29.8. The number of aromatic nitrogens is 12. The Labute approximate surface area is 854 Å². The van der Waals surface area contributed by atoms with Gasteiger partial charge in [-0.1, -0.05) is 458 Å². The summed E-state index contributed by atoms with van der Waals surface area (Å²) in [7, 11) is 0. The first kappa shape index (κ1) is 88.4. The number of pyridine rings is 3. The molecular weight excluding hydrogens is 1790 g/mol. The van der Waals surface area contributed by atoms with Gasteiger partial charge in [0.05, 0.1) is 11.4 Å². The van der Waals surface area contributed by atoms with Gasteiger partial charge in [-0.3, -0.25) is 4.98 Å². The molecule has 0 unspecified atom stereocenters. The van der Waals surface area contributed by atoms with Crippen LogP contribution in [0.4, 0.5) is 0 Å². The fourth-order valence-electron chi connectivity index (χ4n) is 22.4. The maximum atomic E-state index is 5.31. The first-order chi connectivity index (χ1) is 72.4. The zero-order valence-electron chi connectivity index (χ0n) is 81.4. The molecule has 5 aliphatic rings. The van der Waals surface area contributed by atoms with Crippen molar-refractivity contribution in [1.29, 1.82) is 0 Å². The molecule has 6 heterocycles. The van der Waals surface area contributed by atoms with Crippen LogP contribution in [-0.4, -0.2) is 59.8 Å². The van der Waals surface area contributed by atoms with E-state index in [9.17, 15) is 0 Å². The zero-order chi connectivity index (χ0) is 98.2. The van der Waals surface area contributed by atoms with E-state index < -0.39 is 0 Å². The lowest BCUT2D eigenvalue weighted by Gasteiger charge is -2.21. The van der Waals surface area contributed by atoms with Crippen LogP contribution in [0.15, 0.2) is 461 Å². The van der Waals surface area contributed by atoms with Gasteiger partial charge in [0.25, 0.3) is 0 Å². The minimum Gasteiger partial charge on any atom is -0.252 e. The smallest absolute Gasteiger partial charge is 0.182 e. The largest absolute Gasteiger partial charge is 0.252 e. The van der Waals surface area contributed by atoms with E-state index in [4.69, 9.17) is 59.8 Å². The molecule has 0 saturated carbocycles. The summed E-state index contributed by atoms with van der Waals surface area (Å²) in [6.07, 6.45) is 4.45. The monoisotopic (exact) mass is 1880 g/mol. The first-order valence-corrected chi connectivity index (χ1v) is 50.2. The molecule has 0 N–H and O–H groups in total. The predicted molar refractivity (Wildman–Crippen MR) is 594 cm³/mol. The molecule has 12 heteroatoms. The lowest BCUT2D eigenvalue weighted by Crippen LogP contribution is -2.17. The van der Waals surface area contributed by atoms with Gasteiger partial charge in [-0.05, 0) is 181 Å². The van der Waals surface area contributed by atoms with Gasteiger partial charge in [-0.2, -0.15) is 0 Å². The number of benzene rings is 17. The SMILES string of the molecule is CC1(C)c2ccccc2-c2ccc(-c3nc(-c4ccc(-c5ccccc5)cc4)nc(-c4cccc5c4Cc4c(-c6ccccc6)cccc4-5)n3)nc21.CC1(C)c2ccccc2-c2cnc(-c3nc(-c4ccccc4)nc(-c4cccc5c4Cc4c(-c6ccccc6)cccc4-5)n3)cc21.c1ccc(-c2ccc(-c3cccc4c3Cc3c(-c5cccc(-c6nc(-c7ccccc7)nc(-c7ccccc7)n6)n5)cccc3-4)cc2)cc1. The fourth-order valence-corrected chi connectivity index (χ4v) is 22.4. The fraction of sp³-hybridized carbons (Fsp3) is 0.0667. The van der Waals surface area contributed by atoms with Crippen LogP contribution in [0.5, 0.6) is 0 Å². The highest BCUT2D eigenvalue weighted by Gasteiger charge is 2.40. The standard InChI is InChI=1S/C48H34N4.C45H30N4.C42H30N4/c1-48(2)42-22-10-9-17-37(42)38-27-28-43(49-44(38)48)47-51-45(33-25-23-31(24-26-33)30-13-5-3-6-14-30)50-46(52-47)39-21-12-20-36-35-19-11-18-34(40(35)29-41(36)39)32-15-7-4-8-16-32;1-4-13-30(14-5-1)31-25-27-32(28-26-31)35-19-10-20-36-37-21-11-22-38(40(37)29-39(35)36)41-23-12-24-42(46-41)45-48-43(33-15-6-2-7-16-33)47-44(49-45)34-17-8-3-9-18-34;1-42(2)36-22-10-9-17-31(36)35-25-43-38(24-37(35)42)41-45-39(27-15-7-4-8-16-27)44-40(46-41)32-21-12-20-30-29-19-11-18-28(33(29)23-34(30)32)26-13-5-3-6-14-26/h3-28H,29H2,1-2H3;1-28H,29H2;3-22,24-25H,23H2,1-2H3. The zero-order valence-corrected chi connectivity index (χ0v) is 81.4. The molecule has 28 rings (SSSR count). The van der Waals surface area contributed by atoms with Crippen LogP contribution in [0.2, 0.25) is 0 Å². The highest BCUT2D eigenvalue weighted by atomic mass is 15.1. The van der Waals surface area contributed by atoms with E-state index in [1.54, 1.807) is 0 Å². The lowest BCUT2D eigenvalue weighted by atomic mass is 9.82. The molecule has 694 valence electrons.